The van der Waals surface area contributed by atoms with E-state index in [2.05, 4.69) is 5.32 Å². The van der Waals surface area contributed by atoms with Gasteiger partial charge in [0, 0.05) is 17.6 Å². The van der Waals surface area contributed by atoms with Gasteiger partial charge in [0.05, 0.1) is 10.6 Å². The summed E-state index contributed by atoms with van der Waals surface area (Å²) in [7, 11) is -4.09. The smallest absolute Gasteiger partial charge is 0.264 e. The van der Waals surface area contributed by atoms with Gasteiger partial charge >= 0.3 is 0 Å². The van der Waals surface area contributed by atoms with Gasteiger partial charge in [-0.1, -0.05) is 74.0 Å². The van der Waals surface area contributed by atoms with Crippen LogP contribution in [0.15, 0.2) is 83.8 Å². The Hall–Kier alpha value is -3.36. The molecule has 3 aromatic carbocycles. The van der Waals surface area contributed by atoms with Crippen LogP contribution in [0.4, 0.5) is 5.69 Å². The van der Waals surface area contributed by atoms with E-state index in [0.717, 1.165) is 22.7 Å². The van der Waals surface area contributed by atoms with E-state index >= 15 is 0 Å². The lowest BCUT2D eigenvalue weighted by Crippen LogP contribution is -2.52. The Morgan fingerprint density at radius 1 is 0.897 bits per heavy atom. The fraction of sp³-hybridized carbons (Fsp3) is 0.333. The molecular formula is C30H36ClN3O4S. The van der Waals surface area contributed by atoms with Crippen molar-refractivity contribution < 1.29 is 18.0 Å². The van der Waals surface area contributed by atoms with E-state index in [0.29, 0.717) is 16.3 Å². The quantitative estimate of drug-likeness (QED) is 0.315. The zero-order valence-corrected chi connectivity index (χ0v) is 24.4. The van der Waals surface area contributed by atoms with Gasteiger partial charge in [-0.05, 0) is 68.1 Å². The Balaban J connectivity index is 2.02. The molecule has 208 valence electrons. The van der Waals surface area contributed by atoms with Crippen LogP contribution in [0.1, 0.15) is 45.2 Å². The minimum absolute atomic E-state index is 0.0433. The first-order valence-corrected chi connectivity index (χ1v) is 14.9. The number of sulfonamides is 1. The second-order valence-electron chi connectivity index (χ2n) is 9.45. The lowest BCUT2D eigenvalue weighted by Gasteiger charge is -2.32. The lowest BCUT2D eigenvalue weighted by atomic mass is 10.1. The van der Waals surface area contributed by atoms with Crippen LogP contribution in [0.2, 0.25) is 5.02 Å². The molecule has 0 heterocycles. The summed E-state index contributed by atoms with van der Waals surface area (Å²) in [5, 5.41) is 3.37. The molecule has 0 aliphatic carbocycles. The third kappa shape index (κ3) is 7.61. The Morgan fingerprint density at radius 2 is 1.51 bits per heavy atom. The normalized spacial score (nSPS) is 12.8. The number of anilines is 1. The molecule has 0 saturated heterocycles. The number of benzene rings is 3. The van der Waals surface area contributed by atoms with E-state index in [-0.39, 0.29) is 23.4 Å². The molecule has 0 bridgehead atoms. The molecule has 7 nitrogen and oxygen atoms in total. The number of carbonyl (C=O) groups excluding carboxylic acids is 2. The highest BCUT2D eigenvalue weighted by Gasteiger charge is 2.33. The second kappa shape index (κ2) is 13.6. The van der Waals surface area contributed by atoms with Crippen LogP contribution in [0.5, 0.6) is 0 Å². The highest BCUT2D eigenvalue weighted by atomic mass is 35.5. The van der Waals surface area contributed by atoms with E-state index in [1.807, 2.05) is 32.9 Å². The first kappa shape index (κ1) is 30.2. The highest BCUT2D eigenvalue weighted by molar-refractivity contribution is 7.92. The number of hydrogen-bond donors (Lipinski definition) is 1. The molecule has 3 aromatic rings. The minimum Gasteiger partial charge on any atom is -0.352 e. The SMILES string of the molecule is CCc1ccc(N(CC(=O)N(Cc2ccccc2Cl)[C@H](C)C(=O)N[C@@H](C)CC)S(=O)(=O)c2ccccc2)cc1. The summed E-state index contributed by atoms with van der Waals surface area (Å²) in [4.78, 5) is 28.5. The van der Waals surface area contributed by atoms with Gasteiger partial charge in [0.15, 0.2) is 0 Å². The number of rotatable bonds is 12. The van der Waals surface area contributed by atoms with Gasteiger partial charge in [0.1, 0.15) is 12.6 Å². The predicted octanol–water partition coefficient (Wildman–Crippen LogP) is 5.43. The molecule has 1 N–H and O–H groups in total. The Bertz CT molecular complexity index is 1360. The average Bonchev–Trinajstić information content (AvgIpc) is 2.95. The lowest BCUT2D eigenvalue weighted by molar-refractivity contribution is -0.139. The Labute approximate surface area is 236 Å². The number of aryl methyl sites for hydroxylation is 1. The van der Waals surface area contributed by atoms with Crippen molar-refractivity contribution in [2.45, 2.75) is 64.1 Å². The van der Waals surface area contributed by atoms with Crippen molar-refractivity contribution in [3.05, 3.63) is 95.0 Å². The van der Waals surface area contributed by atoms with Gasteiger partial charge in [-0.15, -0.1) is 0 Å². The molecule has 0 unspecified atom stereocenters. The number of nitrogens with zero attached hydrogens (tertiary/aromatic N) is 2. The summed E-state index contributed by atoms with van der Waals surface area (Å²) in [5.74, 6) is -0.852. The Morgan fingerprint density at radius 3 is 2.10 bits per heavy atom. The third-order valence-corrected chi connectivity index (χ3v) is 8.87. The highest BCUT2D eigenvalue weighted by Crippen LogP contribution is 2.26. The molecule has 0 aromatic heterocycles. The molecule has 2 amide bonds. The van der Waals surface area contributed by atoms with Crippen LogP contribution in [0.3, 0.4) is 0 Å². The van der Waals surface area contributed by atoms with Crippen LogP contribution >= 0.6 is 11.6 Å². The summed E-state index contributed by atoms with van der Waals surface area (Å²) in [6, 6.07) is 21.2. The van der Waals surface area contributed by atoms with Crippen LogP contribution in [-0.4, -0.2) is 43.8 Å². The molecule has 39 heavy (non-hydrogen) atoms. The zero-order valence-electron chi connectivity index (χ0n) is 22.8. The topological polar surface area (TPSA) is 86.8 Å². The van der Waals surface area contributed by atoms with Crippen molar-refractivity contribution in [1.82, 2.24) is 10.2 Å². The van der Waals surface area contributed by atoms with E-state index in [4.69, 9.17) is 11.6 Å². The van der Waals surface area contributed by atoms with Crippen molar-refractivity contribution in [1.29, 1.82) is 0 Å². The van der Waals surface area contributed by atoms with Crippen molar-refractivity contribution in [3.8, 4) is 0 Å². The molecule has 2 atom stereocenters. The number of amides is 2. The average molecular weight is 570 g/mol. The first-order valence-electron chi connectivity index (χ1n) is 13.1. The molecule has 0 fully saturated rings. The zero-order chi connectivity index (χ0) is 28.6. The molecule has 0 aliphatic heterocycles. The Kier molecular flexibility index (Phi) is 10.5. The van der Waals surface area contributed by atoms with E-state index in [9.17, 15) is 18.0 Å². The third-order valence-electron chi connectivity index (χ3n) is 6.71. The van der Waals surface area contributed by atoms with Crippen molar-refractivity contribution in [2.75, 3.05) is 10.8 Å². The van der Waals surface area contributed by atoms with Crippen molar-refractivity contribution in [2.24, 2.45) is 0 Å². The van der Waals surface area contributed by atoms with E-state index < -0.39 is 28.5 Å². The number of halogens is 1. The van der Waals surface area contributed by atoms with Crippen LogP contribution < -0.4 is 9.62 Å². The van der Waals surface area contributed by atoms with Crippen LogP contribution in [-0.2, 0) is 32.6 Å². The van der Waals surface area contributed by atoms with Crippen molar-refractivity contribution >= 4 is 39.1 Å². The predicted molar refractivity (Wildman–Crippen MR) is 156 cm³/mol. The second-order valence-corrected chi connectivity index (χ2v) is 11.7. The van der Waals surface area contributed by atoms with Gasteiger partial charge in [-0.2, -0.15) is 0 Å². The maximum absolute atomic E-state index is 13.9. The van der Waals surface area contributed by atoms with E-state index in [1.165, 1.54) is 17.0 Å². The molecule has 0 aliphatic rings. The monoisotopic (exact) mass is 569 g/mol. The number of carbonyl (C=O) groups is 2. The van der Waals surface area contributed by atoms with Crippen LogP contribution in [0.25, 0.3) is 0 Å². The number of hydrogen-bond acceptors (Lipinski definition) is 4. The van der Waals surface area contributed by atoms with Crippen LogP contribution in [0, 0.1) is 0 Å². The summed E-state index contributed by atoms with van der Waals surface area (Å²) >= 11 is 6.40. The molecule has 0 spiro atoms. The maximum Gasteiger partial charge on any atom is 0.264 e. The molecular weight excluding hydrogens is 534 g/mol. The van der Waals surface area contributed by atoms with Gasteiger partial charge in [-0.3, -0.25) is 13.9 Å². The maximum atomic E-state index is 13.9. The summed E-state index contributed by atoms with van der Waals surface area (Å²) in [5.41, 5.74) is 2.05. The number of nitrogens with one attached hydrogen (secondary N) is 1. The first-order chi connectivity index (χ1) is 18.6. The van der Waals surface area contributed by atoms with Gasteiger partial charge in [0.2, 0.25) is 11.8 Å². The summed E-state index contributed by atoms with van der Waals surface area (Å²) in [6.07, 6.45) is 1.52. The molecule has 0 radical (unpaired) electrons. The van der Waals surface area contributed by atoms with Gasteiger partial charge in [0.25, 0.3) is 10.0 Å². The van der Waals surface area contributed by atoms with Gasteiger partial charge in [-0.25, -0.2) is 8.42 Å². The largest absolute Gasteiger partial charge is 0.352 e. The molecule has 3 rings (SSSR count). The van der Waals surface area contributed by atoms with Gasteiger partial charge < -0.3 is 10.2 Å². The summed E-state index contributed by atoms with van der Waals surface area (Å²) < 4.78 is 28.7. The minimum atomic E-state index is -4.09. The van der Waals surface area contributed by atoms with Crippen molar-refractivity contribution in [3.63, 3.8) is 0 Å². The standard InChI is InChI=1S/C30H36ClN3O4S/c1-5-22(3)32-30(36)23(4)33(20-25-12-10-11-15-28(25)31)29(35)21-34(26-18-16-24(6-2)17-19-26)39(37,38)27-13-8-7-9-14-27/h7-19,22-23H,5-6,20-21H2,1-4H3,(H,32,36)/t22-,23+/m0/s1. The van der Waals surface area contributed by atoms with E-state index in [1.54, 1.807) is 61.5 Å². The summed E-state index contributed by atoms with van der Waals surface area (Å²) in [6.45, 7) is 7.04. The molecule has 9 heteroatoms. The fourth-order valence-corrected chi connectivity index (χ4v) is 5.64. The molecule has 0 saturated carbocycles. The fourth-order valence-electron chi connectivity index (χ4n) is 4.00.